The van der Waals surface area contributed by atoms with Gasteiger partial charge in [0.2, 0.25) is 0 Å². The van der Waals surface area contributed by atoms with Gasteiger partial charge in [-0.2, -0.15) is 0 Å². The van der Waals surface area contributed by atoms with Gasteiger partial charge in [0, 0.05) is 31.1 Å². The van der Waals surface area contributed by atoms with Crippen LogP contribution >= 0.6 is 11.3 Å². The lowest BCUT2D eigenvalue weighted by Crippen LogP contribution is -2.53. The van der Waals surface area contributed by atoms with E-state index in [-0.39, 0.29) is 11.9 Å². The monoisotopic (exact) mass is 282 g/mol. The van der Waals surface area contributed by atoms with Gasteiger partial charge < -0.3 is 10.6 Å². The number of likely N-dealkylation sites (N-methyl/N-ethyl adjacent to an activating group) is 1. The van der Waals surface area contributed by atoms with Gasteiger partial charge in [0.05, 0.1) is 6.04 Å². The Labute approximate surface area is 118 Å². The molecule has 0 saturated carbocycles. The molecule has 1 aromatic rings. The van der Waals surface area contributed by atoms with E-state index in [1.54, 1.807) is 0 Å². The van der Waals surface area contributed by atoms with E-state index in [9.17, 15) is 4.79 Å². The standard InChI is InChI=1S/C13H22N4OS/c1-4-16-5-6-17(7-9(16)2)13(18)11-8-19-12(15-11)10(3)14/h8-10H,4-7,14H2,1-3H3. The van der Waals surface area contributed by atoms with Crippen LogP contribution < -0.4 is 5.73 Å². The van der Waals surface area contributed by atoms with Crippen LogP contribution in [0.5, 0.6) is 0 Å². The van der Waals surface area contributed by atoms with Gasteiger partial charge in [-0.15, -0.1) is 11.3 Å². The fourth-order valence-corrected chi connectivity index (χ4v) is 3.16. The molecule has 2 unspecified atom stereocenters. The lowest BCUT2D eigenvalue weighted by atomic mass is 10.2. The summed E-state index contributed by atoms with van der Waals surface area (Å²) in [6.07, 6.45) is 0. The van der Waals surface area contributed by atoms with Crippen LogP contribution in [0.15, 0.2) is 5.38 Å². The molecule has 1 saturated heterocycles. The Balaban J connectivity index is 2.03. The summed E-state index contributed by atoms with van der Waals surface area (Å²) in [6.45, 7) is 9.73. The zero-order chi connectivity index (χ0) is 14.0. The van der Waals surface area contributed by atoms with Crippen LogP contribution in [0, 0.1) is 0 Å². The second-order valence-electron chi connectivity index (χ2n) is 5.09. The Kier molecular flexibility index (Phi) is 4.54. The Morgan fingerprint density at radius 1 is 1.63 bits per heavy atom. The van der Waals surface area contributed by atoms with Gasteiger partial charge in [0.1, 0.15) is 10.7 Å². The molecular weight excluding hydrogens is 260 g/mol. The number of aromatic nitrogens is 1. The lowest BCUT2D eigenvalue weighted by Gasteiger charge is -2.39. The van der Waals surface area contributed by atoms with Crippen molar-refractivity contribution in [2.24, 2.45) is 5.73 Å². The second-order valence-corrected chi connectivity index (χ2v) is 5.98. The minimum absolute atomic E-state index is 0.0331. The van der Waals surface area contributed by atoms with Crippen molar-refractivity contribution in [1.82, 2.24) is 14.8 Å². The molecule has 0 spiro atoms. The Hall–Kier alpha value is -0.980. The van der Waals surface area contributed by atoms with E-state index in [1.807, 2.05) is 17.2 Å². The van der Waals surface area contributed by atoms with Gasteiger partial charge in [0.15, 0.2) is 0 Å². The predicted molar refractivity (Wildman–Crippen MR) is 77.3 cm³/mol. The number of hydrogen-bond donors (Lipinski definition) is 1. The Morgan fingerprint density at radius 2 is 2.37 bits per heavy atom. The first kappa shape index (κ1) is 14.4. The second kappa shape index (κ2) is 5.98. The molecule has 0 aromatic carbocycles. The van der Waals surface area contributed by atoms with Gasteiger partial charge in [-0.25, -0.2) is 4.98 Å². The van der Waals surface area contributed by atoms with Gasteiger partial charge in [0.25, 0.3) is 5.91 Å². The maximum absolute atomic E-state index is 12.4. The van der Waals surface area contributed by atoms with Crippen LogP contribution in [0.2, 0.25) is 0 Å². The summed E-state index contributed by atoms with van der Waals surface area (Å²) >= 11 is 1.46. The molecule has 106 valence electrons. The number of carbonyl (C=O) groups excluding carboxylic acids is 1. The first-order chi connectivity index (χ1) is 9.02. The number of rotatable bonds is 3. The highest BCUT2D eigenvalue weighted by molar-refractivity contribution is 7.09. The summed E-state index contributed by atoms with van der Waals surface area (Å²) in [6, 6.07) is 0.302. The van der Waals surface area contributed by atoms with Crippen molar-refractivity contribution in [3.63, 3.8) is 0 Å². The molecule has 1 fully saturated rings. The molecule has 1 aliphatic rings. The van der Waals surface area contributed by atoms with E-state index < -0.39 is 0 Å². The minimum atomic E-state index is -0.109. The van der Waals surface area contributed by atoms with E-state index in [0.717, 1.165) is 31.2 Å². The Bertz CT molecular complexity index is 446. The number of thiazole rings is 1. The predicted octanol–water partition coefficient (Wildman–Crippen LogP) is 1.33. The fourth-order valence-electron chi connectivity index (χ4n) is 2.41. The number of nitrogens with zero attached hydrogens (tertiary/aromatic N) is 3. The van der Waals surface area contributed by atoms with Crippen LogP contribution in [0.25, 0.3) is 0 Å². The van der Waals surface area contributed by atoms with Crippen molar-refractivity contribution in [3.8, 4) is 0 Å². The highest BCUT2D eigenvalue weighted by Crippen LogP contribution is 2.18. The van der Waals surface area contributed by atoms with Gasteiger partial charge in [-0.3, -0.25) is 9.69 Å². The molecule has 6 heteroatoms. The van der Waals surface area contributed by atoms with E-state index in [0.29, 0.717) is 11.7 Å². The molecule has 1 aliphatic heterocycles. The van der Waals surface area contributed by atoms with Crippen LogP contribution in [-0.2, 0) is 0 Å². The lowest BCUT2D eigenvalue weighted by molar-refractivity contribution is 0.0523. The van der Waals surface area contributed by atoms with Crippen LogP contribution in [-0.4, -0.2) is 52.9 Å². The van der Waals surface area contributed by atoms with Gasteiger partial charge in [-0.05, 0) is 20.4 Å². The van der Waals surface area contributed by atoms with Crippen molar-refractivity contribution < 1.29 is 4.79 Å². The molecule has 19 heavy (non-hydrogen) atoms. The summed E-state index contributed by atoms with van der Waals surface area (Å²) in [7, 11) is 0. The molecular formula is C13H22N4OS. The van der Waals surface area contributed by atoms with E-state index in [2.05, 4.69) is 23.7 Å². The number of carbonyl (C=O) groups is 1. The average molecular weight is 282 g/mol. The summed E-state index contributed by atoms with van der Waals surface area (Å²) in [5, 5.41) is 2.64. The van der Waals surface area contributed by atoms with Crippen molar-refractivity contribution in [2.75, 3.05) is 26.2 Å². The third-order valence-corrected chi connectivity index (χ3v) is 4.63. The quantitative estimate of drug-likeness (QED) is 0.908. The molecule has 0 bridgehead atoms. The highest BCUT2D eigenvalue weighted by Gasteiger charge is 2.27. The van der Waals surface area contributed by atoms with Gasteiger partial charge in [-0.1, -0.05) is 6.92 Å². The van der Waals surface area contributed by atoms with Crippen molar-refractivity contribution in [2.45, 2.75) is 32.9 Å². The molecule has 5 nitrogen and oxygen atoms in total. The number of nitrogens with two attached hydrogens (primary N) is 1. The summed E-state index contributed by atoms with van der Waals surface area (Å²) < 4.78 is 0. The SMILES string of the molecule is CCN1CCN(C(=O)c2csc(C(C)N)n2)CC1C. The molecule has 2 atom stereocenters. The average Bonchev–Trinajstić information content (AvgIpc) is 2.87. The van der Waals surface area contributed by atoms with E-state index in [4.69, 9.17) is 5.73 Å². The zero-order valence-electron chi connectivity index (χ0n) is 11.8. The maximum atomic E-state index is 12.4. The minimum Gasteiger partial charge on any atom is -0.334 e. The summed E-state index contributed by atoms with van der Waals surface area (Å²) in [5.74, 6) is 0.0331. The van der Waals surface area contributed by atoms with Crippen molar-refractivity contribution >= 4 is 17.2 Å². The van der Waals surface area contributed by atoms with E-state index >= 15 is 0 Å². The van der Waals surface area contributed by atoms with Crippen LogP contribution in [0.1, 0.15) is 42.3 Å². The third-order valence-electron chi connectivity index (χ3n) is 3.59. The Morgan fingerprint density at radius 3 is 2.89 bits per heavy atom. The molecule has 0 radical (unpaired) electrons. The van der Waals surface area contributed by atoms with Crippen molar-refractivity contribution in [1.29, 1.82) is 0 Å². The van der Waals surface area contributed by atoms with Gasteiger partial charge >= 0.3 is 0 Å². The zero-order valence-corrected chi connectivity index (χ0v) is 12.6. The molecule has 0 aliphatic carbocycles. The smallest absolute Gasteiger partial charge is 0.273 e. The fraction of sp³-hybridized carbons (Fsp3) is 0.692. The topological polar surface area (TPSA) is 62.5 Å². The highest BCUT2D eigenvalue weighted by atomic mass is 32.1. The number of piperazine rings is 1. The largest absolute Gasteiger partial charge is 0.334 e. The summed E-state index contributed by atoms with van der Waals surface area (Å²) in [5.41, 5.74) is 6.32. The third kappa shape index (κ3) is 3.13. The van der Waals surface area contributed by atoms with Crippen LogP contribution in [0.3, 0.4) is 0 Å². The first-order valence-electron chi connectivity index (χ1n) is 6.77. The van der Waals surface area contributed by atoms with E-state index in [1.165, 1.54) is 11.3 Å². The molecule has 2 N–H and O–H groups in total. The number of hydrogen-bond acceptors (Lipinski definition) is 5. The molecule has 2 rings (SSSR count). The molecule has 1 aromatic heterocycles. The van der Waals surface area contributed by atoms with Crippen molar-refractivity contribution in [3.05, 3.63) is 16.1 Å². The maximum Gasteiger partial charge on any atom is 0.273 e. The molecule has 2 heterocycles. The first-order valence-corrected chi connectivity index (χ1v) is 7.65. The number of amides is 1. The normalized spacial score (nSPS) is 22.5. The van der Waals surface area contributed by atoms with Crippen LogP contribution in [0.4, 0.5) is 0 Å². The molecule has 1 amide bonds. The summed E-state index contributed by atoms with van der Waals surface area (Å²) in [4.78, 5) is 21.0.